The maximum Gasteiger partial charge on any atom is 0.233 e. The molecule has 1 saturated heterocycles. The molecule has 162 valence electrons. The number of aromatic nitrogens is 3. The number of rotatable bonds is 7. The number of carbonyl (C=O) groups is 1. The molecule has 0 saturated carbocycles. The molecular weight excluding hydrogens is 430 g/mol. The Morgan fingerprint density at radius 2 is 1.87 bits per heavy atom. The van der Waals surface area contributed by atoms with Crippen molar-refractivity contribution >= 4 is 35.2 Å². The van der Waals surface area contributed by atoms with Crippen LogP contribution < -0.4 is 4.90 Å². The Labute approximate surface area is 192 Å². The maximum absolute atomic E-state index is 12.9. The number of hydrogen-bond acceptors (Lipinski definition) is 5. The van der Waals surface area contributed by atoms with Crippen molar-refractivity contribution in [3.05, 3.63) is 65.2 Å². The SMILES string of the molecule is CC(c1ccccc1)N(C)C(=O)CSc1nnc(N2CCCC2)n1-c1cccc(Cl)c1. The fourth-order valence-electron chi connectivity index (χ4n) is 3.72. The minimum atomic E-state index is 0.000241. The first-order chi connectivity index (χ1) is 15.0. The third-order valence-electron chi connectivity index (χ3n) is 5.65. The molecule has 2 heterocycles. The van der Waals surface area contributed by atoms with Gasteiger partial charge < -0.3 is 9.80 Å². The number of hydrogen-bond donors (Lipinski definition) is 0. The predicted octanol–water partition coefficient (Wildman–Crippen LogP) is 4.83. The van der Waals surface area contributed by atoms with E-state index in [2.05, 4.69) is 15.1 Å². The van der Waals surface area contributed by atoms with Crippen molar-refractivity contribution in [1.82, 2.24) is 19.7 Å². The number of amides is 1. The molecule has 1 atom stereocenters. The van der Waals surface area contributed by atoms with E-state index in [1.165, 1.54) is 11.8 Å². The van der Waals surface area contributed by atoms with Gasteiger partial charge in [0.25, 0.3) is 0 Å². The largest absolute Gasteiger partial charge is 0.341 e. The standard InChI is InChI=1S/C23H26ClN5OS/c1-17(18-9-4-3-5-10-18)27(2)21(30)16-31-23-26-25-22(28-13-6-7-14-28)29(23)20-12-8-11-19(24)15-20/h3-5,8-12,15,17H,6-7,13-14,16H2,1-2H3. The highest BCUT2D eigenvalue weighted by molar-refractivity contribution is 7.99. The van der Waals surface area contributed by atoms with E-state index in [1.807, 2.05) is 73.1 Å². The summed E-state index contributed by atoms with van der Waals surface area (Å²) in [6.07, 6.45) is 2.29. The summed E-state index contributed by atoms with van der Waals surface area (Å²) in [7, 11) is 1.85. The van der Waals surface area contributed by atoms with Crippen molar-refractivity contribution in [2.75, 3.05) is 30.8 Å². The van der Waals surface area contributed by atoms with Crippen molar-refractivity contribution in [2.45, 2.75) is 31.0 Å². The van der Waals surface area contributed by atoms with Gasteiger partial charge >= 0.3 is 0 Å². The van der Waals surface area contributed by atoms with Gasteiger partial charge in [-0.25, -0.2) is 0 Å². The van der Waals surface area contributed by atoms with E-state index in [0.29, 0.717) is 10.2 Å². The van der Waals surface area contributed by atoms with Gasteiger partial charge in [0.1, 0.15) is 0 Å². The molecule has 1 aliphatic heterocycles. The second kappa shape index (κ2) is 9.75. The van der Waals surface area contributed by atoms with Crippen LogP contribution in [0.15, 0.2) is 59.8 Å². The van der Waals surface area contributed by atoms with Crippen LogP contribution in [0.5, 0.6) is 0 Å². The van der Waals surface area contributed by atoms with E-state index in [9.17, 15) is 4.79 Å². The predicted molar refractivity (Wildman–Crippen MR) is 126 cm³/mol. The molecule has 31 heavy (non-hydrogen) atoms. The molecule has 1 aromatic heterocycles. The molecule has 0 spiro atoms. The normalized spacial score (nSPS) is 14.6. The van der Waals surface area contributed by atoms with Crippen LogP contribution in [0.2, 0.25) is 5.02 Å². The fraction of sp³-hybridized carbons (Fsp3) is 0.348. The van der Waals surface area contributed by atoms with E-state index in [1.54, 1.807) is 4.90 Å². The van der Waals surface area contributed by atoms with Gasteiger partial charge in [-0.3, -0.25) is 9.36 Å². The lowest BCUT2D eigenvalue weighted by Gasteiger charge is -2.25. The molecule has 0 bridgehead atoms. The lowest BCUT2D eigenvalue weighted by molar-refractivity contribution is -0.128. The van der Waals surface area contributed by atoms with Gasteiger partial charge in [-0.15, -0.1) is 10.2 Å². The van der Waals surface area contributed by atoms with E-state index in [-0.39, 0.29) is 17.7 Å². The average molecular weight is 456 g/mol. The Hall–Kier alpha value is -2.51. The summed E-state index contributed by atoms with van der Waals surface area (Å²) in [4.78, 5) is 16.9. The smallest absolute Gasteiger partial charge is 0.233 e. The lowest BCUT2D eigenvalue weighted by Crippen LogP contribution is -2.31. The molecule has 0 radical (unpaired) electrons. The first kappa shape index (κ1) is 21.7. The summed E-state index contributed by atoms with van der Waals surface area (Å²) in [5, 5.41) is 10.2. The average Bonchev–Trinajstić information content (AvgIpc) is 3.46. The lowest BCUT2D eigenvalue weighted by atomic mass is 10.1. The molecule has 1 fully saturated rings. The number of carbonyl (C=O) groups excluding carboxylic acids is 1. The number of anilines is 1. The molecule has 1 amide bonds. The van der Waals surface area contributed by atoms with E-state index in [4.69, 9.17) is 11.6 Å². The zero-order valence-corrected chi connectivity index (χ0v) is 19.3. The molecule has 4 rings (SSSR count). The van der Waals surface area contributed by atoms with Crippen molar-refractivity contribution in [3.8, 4) is 5.69 Å². The molecule has 6 nitrogen and oxygen atoms in total. The number of benzene rings is 2. The zero-order valence-electron chi connectivity index (χ0n) is 17.7. The molecule has 0 N–H and O–H groups in total. The highest BCUT2D eigenvalue weighted by Crippen LogP contribution is 2.30. The van der Waals surface area contributed by atoms with Gasteiger partial charge in [0, 0.05) is 25.2 Å². The minimum absolute atomic E-state index is 0.000241. The molecule has 8 heteroatoms. The second-order valence-electron chi connectivity index (χ2n) is 7.67. The van der Waals surface area contributed by atoms with Crippen LogP contribution in [-0.2, 0) is 4.79 Å². The fourth-order valence-corrected chi connectivity index (χ4v) is 4.77. The van der Waals surface area contributed by atoms with Gasteiger partial charge in [-0.1, -0.05) is 59.8 Å². The quantitative estimate of drug-likeness (QED) is 0.477. The number of nitrogens with zero attached hydrogens (tertiary/aromatic N) is 5. The Bertz CT molecular complexity index is 1040. The summed E-state index contributed by atoms with van der Waals surface area (Å²) < 4.78 is 2.01. The molecular formula is C23H26ClN5OS. The van der Waals surface area contributed by atoms with E-state index in [0.717, 1.165) is 43.1 Å². The van der Waals surface area contributed by atoms with E-state index < -0.39 is 0 Å². The van der Waals surface area contributed by atoms with Gasteiger partial charge in [0.15, 0.2) is 5.16 Å². The van der Waals surface area contributed by atoms with Crippen LogP contribution in [0.3, 0.4) is 0 Å². The van der Waals surface area contributed by atoms with Crippen molar-refractivity contribution in [3.63, 3.8) is 0 Å². The highest BCUT2D eigenvalue weighted by atomic mass is 35.5. The molecule has 1 unspecified atom stereocenters. The van der Waals surface area contributed by atoms with Crippen LogP contribution in [0.4, 0.5) is 5.95 Å². The minimum Gasteiger partial charge on any atom is -0.341 e. The topological polar surface area (TPSA) is 54.3 Å². The van der Waals surface area contributed by atoms with Gasteiger partial charge in [-0.05, 0) is 43.5 Å². The first-order valence-corrected chi connectivity index (χ1v) is 11.8. The summed E-state index contributed by atoms with van der Waals surface area (Å²) in [6, 6.07) is 17.7. The highest BCUT2D eigenvalue weighted by Gasteiger charge is 2.24. The molecule has 0 aliphatic carbocycles. The Morgan fingerprint density at radius 1 is 1.13 bits per heavy atom. The monoisotopic (exact) mass is 455 g/mol. The van der Waals surface area contributed by atoms with Crippen LogP contribution >= 0.6 is 23.4 Å². The third-order valence-corrected chi connectivity index (χ3v) is 6.80. The van der Waals surface area contributed by atoms with Crippen LogP contribution in [-0.4, -0.2) is 51.5 Å². The third kappa shape index (κ3) is 4.88. The second-order valence-corrected chi connectivity index (χ2v) is 9.05. The Kier molecular flexibility index (Phi) is 6.83. The van der Waals surface area contributed by atoms with Crippen molar-refractivity contribution < 1.29 is 4.79 Å². The molecule has 3 aromatic rings. The molecule has 2 aromatic carbocycles. The van der Waals surface area contributed by atoms with Gasteiger partial charge in [-0.2, -0.15) is 0 Å². The summed E-state index contributed by atoms with van der Waals surface area (Å²) in [5.74, 6) is 1.14. The first-order valence-electron chi connectivity index (χ1n) is 10.4. The van der Waals surface area contributed by atoms with Gasteiger partial charge in [0.05, 0.1) is 17.5 Å². The van der Waals surface area contributed by atoms with Crippen LogP contribution in [0, 0.1) is 0 Å². The zero-order chi connectivity index (χ0) is 21.8. The maximum atomic E-state index is 12.9. The Morgan fingerprint density at radius 3 is 2.58 bits per heavy atom. The number of thioether (sulfide) groups is 1. The summed E-state index contributed by atoms with van der Waals surface area (Å²) >= 11 is 7.66. The van der Waals surface area contributed by atoms with Crippen molar-refractivity contribution in [1.29, 1.82) is 0 Å². The van der Waals surface area contributed by atoms with Crippen LogP contribution in [0.1, 0.15) is 31.4 Å². The number of halogens is 1. The van der Waals surface area contributed by atoms with Gasteiger partial charge in [0.2, 0.25) is 11.9 Å². The van der Waals surface area contributed by atoms with E-state index >= 15 is 0 Å². The summed E-state index contributed by atoms with van der Waals surface area (Å²) in [6.45, 7) is 3.96. The Balaban J connectivity index is 1.53. The molecule has 1 aliphatic rings. The van der Waals surface area contributed by atoms with Crippen LogP contribution in [0.25, 0.3) is 5.69 Å². The van der Waals surface area contributed by atoms with Crippen molar-refractivity contribution in [2.24, 2.45) is 0 Å². The summed E-state index contributed by atoms with van der Waals surface area (Å²) in [5.41, 5.74) is 2.02.